The normalized spacial score (nSPS) is 10.0. The molecule has 1 heterocycles. The van der Waals surface area contributed by atoms with Crippen molar-refractivity contribution in [2.45, 2.75) is 13.0 Å². The lowest BCUT2D eigenvalue weighted by Gasteiger charge is -2.09. The Morgan fingerprint density at radius 1 is 1.06 bits per heavy atom. The molecule has 0 fully saturated rings. The van der Waals surface area contributed by atoms with E-state index >= 15 is 0 Å². The van der Waals surface area contributed by atoms with Crippen LogP contribution in [0.4, 0.5) is 0 Å². The molecule has 2 aromatic rings. The zero-order valence-corrected chi connectivity index (χ0v) is 10.2. The molecular formula is C15H16N2O. The highest BCUT2D eigenvalue weighted by molar-refractivity contribution is 5.18. The molecule has 0 saturated carbocycles. The predicted octanol–water partition coefficient (Wildman–Crippen LogP) is 2.86. The molecule has 1 N–H and O–H groups in total. The van der Waals surface area contributed by atoms with Gasteiger partial charge in [-0.2, -0.15) is 5.48 Å². The van der Waals surface area contributed by atoms with Gasteiger partial charge in [0.15, 0.2) is 0 Å². The van der Waals surface area contributed by atoms with Crippen molar-refractivity contribution in [2.24, 2.45) is 0 Å². The van der Waals surface area contributed by atoms with Gasteiger partial charge in [-0.05, 0) is 23.3 Å². The minimum atomic E-state index is 0.635. The molecule has 92 valence electrons. The number of pyridine rings is 1. The fourth-order valence-corrected chi connectivity index (χ4v) is 1.58. The summed E-state index contributed by atoms with van der Waals surface area (Å²) in [4.78, 5) is 9.34. The zero-order valence-electron chi connectivity index (χ0n) is 10.2. The first-order valence-corrected chi connectivity index (χ1v) is 5.85. The first kappa shape index (κ1) is 12.3. The van der Waals surface area contributed by atoms with Crippen LogP contribution < -0.4 is 5.48 Å². The smallest absolute Gasteiger partial charge is 0.121 e. The lowest BCUT2D eigenvalue weighted by Crippen LogP contribution is -2.14. The molecule has 3 nitrogen and oxygen atoms in total. The summed E-state index contributed by atoms with van der Waals surface area (Å²) in [6.45, 7) is 4.52. The van der Waals surface area contributed by atoms with Crippen LogP contribution in [0.3, 0.4) is 0 Å². The summed E-state index contributed by atoms with van der Waals surface area (Å²) in [7, 11) is 0. The second-order valence-corrected chi connectivity index (χ2v) is 3.98. The van der Waals surface area contributed by atoms with E-state index in [0.717, 1.165) is 5.56 Å². The monoisotopic (exact) mass is 240 g/mol. The van der Waals surface area contributed by atoms with Gasteiger partial charge in [-0.25, -0.2) is 0 Å². The summed E-state index contributed by atoms with van der Waals surface area (Å²) >= 11 is 0. The third-order valence-corrected chi connectivity index (χ3v) is 2.49. The molecule has 0 atom stereocenters. The van der Waals surface area contributed by atoms with Crippen LogP contribution in [0, 0.1) is 0 Å². The average Bonchev–Trinajstić information content (AvgIpc) is 2.41. The number of hydroxylamine groups is 1. The predicted molar refractivity (Wildman–Crippen MR) is 71.4 cm³/mol. The summed E-state index contributed by atoms with van der Waals surface area (Å²) < 4.78 is 0. The molecule has 1 aromatic carbocycles. The molecule has 0 saturated heterocycles. The van der Waals surface area contributed by atoms with Crippen LogP contribution in [0.1, 0.15) is 11.1 Å². The molecule has 18 heavy (non-hydrogen) atoms. The van der Waals surface area contributed by atoms with Gasteiger partial charge in [-0.1, -0.05) is 36.9 Å². The van der Waals surface area contributed by atoms with Crippen molar-refractivity contribution in [2.75, 3.05) is 0 Å². The molecule has 0 unspecified atom stereocenters. The third-order valence-electron chi connectivity index (χ3n) is 2.49. The van der Waals surface area contributed by atoms with Gasteiger partial charge < -0.3 is 4.84 Å². The maximum atomic E-state index is 5.38. The van der Waals surface area contributed by atoms with Crippen molar-refractivity contribution in [1.29, 1.82) is 0 Å². The third kappa shape index (κ3) is 4.03. The molecule has 0 aliphatic heterocycles. The van der Waals surface area contributed by atoms with E-state index in [1.807, 2.05) is 30.3 Å². The van der Waals surface area contributed by atoms with E-state index in [1.165, 1.54) is 5.56 Å². The van der Waals surface area contributed by atoms with Gasteiger partial charge in [0, 0.05) is 18.8 Å². The van der Waals surface area contributed by atoms with Crippen LogP contribution in [0.5, 0.6) is 0 Å². The lowest BCUT2D eigenvalue weighted by atomic mass is 10.1. The summed E-state index contributed by atoms with van der Waals surface area (Å²) in [5.74, 6) is 0.704. The standard InChI is InChI=1S/C15H16N2O/c1-13(11-14-5-3-2-4-6-14)18-17-12-15-7-9-16-10-8-15/h2-10,17H,1,11-12H2. The Kier molecular flexibility index (Phi) is 4.50. The van der Waals surface area contributed by atoms with E-state index in [4.69, 9.17) is 4.84 Å². The number of benzene rings is 1. The van der Waals surface area contributed by atoms with E-state index in [1.54, 1.807) is 12.4 Å². The Bertz CT molecular complexity index is 482. The maximum absolute atomic E-state index is 5.38. The molecule has 2 rings (SSSR count). The first-order chi connectivity index (χ1) is 8.84. The van der Waals surface area contributed by atoms with Crippen LogP contribution in [-0.4, -0.2) is 4.98 Å². The Morgan fingerprint density at radius 3 is 2.50 bits per heavy atom. The fraction of sp³-hybridized carbons (Fsp3) is 0.133. The Labute approximate surface area is 107 Å². The van der Waals surface area contributed by atoms with Gasteiger partial charge in [-0.15, -0.1) is 0 Å². The van der Waals surface area contributed by atoms with E-state index in [2.05, 4.69) is 29.2 Å². The van der Waals surface area contributed by atoms with E-state index < -0.39 is 0 Å². The topological polar surface area (TPSA) is 34.1 Å². The quantitative estimate of drug-likeness (QED) is 0.622. The highest BCUT2D eigenvalue weighted by Crippen LogP contribution is 2.06. The summed E-state index contributed by atoms with van der Waals surface area (Å²) in [6, 6.07) is 14.0. The second kappa shape index (κ2) is 6.57. The van der Waals surface area contributed by atoms with Gasteiger partial charge in [0.05, 0.1) is 6.54 Å². The first-order valence-electron chi connectivity index (χ1n) is 5.85. The minimum absolute atomic E-state index is 0.635. The Hall–Kier alpha value is -2.13. The molecule has 3 heteroatoms. The number of aromatic nitrogens is 1. The Morgan fingerprint density at radius 2 is 1.78 bits per heavy atom. The van der Waals surface area contributed by atoms with Crippen molar-refractivity contribution in [3.05, 3.63) is 78.3 Å². The molecule has 0 aliphatic rings. The molecule has 0 radical (unpaired) electrons. The number of hydrogen-bond donors (Lipinski definition) is 1. The van der Waals surface area contributed by atoms with Crippen LogP contribution in [0.25, 0.3) is 0 Å². The van der Waals surface area contributed by atoms with Gasteiger partial charge in [0.25, 0.3) is 0 Å². The van der Waals surface area contributed by atoms with Gasteiger partial charge >= 0.3 is 0 Å². The van der Waals surface area contributed by atoms with Crippen LogP contribution >= 0.6 is 0 Å². The molecular weight excluding hydrogens is 224 g/mol. The number of nitrogens with zero attached hydrogens (tertiary/aromatic N) is 1. The highest BCUT2D eigenvalue weighted by atomic mass is 16.6. The minimum Gasteiger partial charge on any atom is -0.413 e. The van der Waals surface area contributed by atoms with E-state index in [-0.39, 0.29) is 0 Å². The number of nitrogens with one attached hydrogen (secondary N) is 1. The van der Waals surface area contributed by atoms with Crippen molar-refractivity contribution < 1.29 is 4.84 Å². The summed E-state index contributed by atoms with van der Waals surface area (Å²) in [6.07, 6.45) is 4.23. The largest absolute Gasteiger partial charge is 0.413 e. The molecule has 0 spiro atoms. The highest BCUT2D eigenvalue weighted by Gasteiger charge is 1.98. The average molecular weight is 240 g/mol. The summed E-state index contributed by atoms with van der Waals surface area (Å²) in [5, 5.41) is 0. The van der Waals surface area contributed by atoms with E-state index in [9.17, 15) is 0 Å². The van der Waals surface area contributed by atoms with E-state index in [0.29, 0.717) is 18.7 Å². The van der Waals surface area contributed by atoms with Crippen LogP contribution in [0.15, 0.2) is 67.2 Å². The maximum Gasteiger partial charge on any atom is 0.121 e. The summed E-state index contributed by atoms with van der Waals surface area (Å²) in [5.41, 5.74) is 5.21. The van der Waals surface area contributed by atoms with Crippen LogP contribution in [-0.2, 0) is 17.8 Å². The van der Waals surface area contributed by atoms with Crippen LogP contribution in [0.2, 0.25) is 0 Å². The zero-order chi connectivity index (χ0) is 12.6. The van der Waals surface area contributed by atoms with Gasteiger partial charge in [-0.3, -0.25) is 4.98 Å². The molecule has 1 aromatic heterocycles. The van der Waals surface area contributed by atoms with Gasteiger partial charge in [0.2, 0.25) is 0 Å². The molecule has 0 aliphatic carbocycles. The SMILES string of the molecule is C=C(Cc1ccccc1)ONCc1ccncc1. The van der Waals surface area contributed by atoms with Crippen molar-refractivity contribution in [1.82, 2.24) is 10.5 Å². The number of allylic oxidation sites excluding steroid dienone is 1. The fourth-order valence-electron chi connectivity index (χ4n) is 1.58. The molecule has 0 amide bonds. The number of rotatable bonds is 6. The molecule has 0 bridgehead atoms. The second-order valence-electron chi connectivity index (χ2n) is 3.98. The lowest BCUT2D eigenvalue weighted by molar-refractivity contribution is 0.0973. The van der Waals surface area contributed by atoms with Gasteiger partial charge in [0.1, 0.15) is 5.76 Å². The number of hydrogen-bond acceptors (Lipinski definition) is 3. The Balaban J connectivity index is 1.73. The van der Waals surface area contributed by atoms with Crippen molar-refractivity contribution >= 4 is 0 Å². The van der Waals surface area contributed by atoms with Crippen molar-refractivity contribution in [3.63, 3.8) is 0 Å². The van der Waals surface area contributed by atoms with Crippen molar-refractivity contribution in [3.8, 4) is 0 Å².